The largest absolute Gasteiger partial charge is 0.451 e. The van der Waals surface area contributed by atoms with Gasteiger partial charge in [0.25, 0.3) is 5.91 Å². The van der Waals surface area contributed by atoms with Gasteiger partial charge in [0.2, 0.25) is 10.0 Å². The van der Waals surface area contributed by atoms with Crippen LogP contribution in [0, 0.1) is 18.8 Å². The fraction of sp³-hybridized carbons (Fsp3) is 0.400. The number of hydrogen-bond acceptors (Lipinski definition) is 4. The molecule has 8 heteroatoms. The fourth-order valence-corrected chi connectivity index (χ4v) is 6.41. The molecule has 1 saturated heterocycles. The van der Waals surface area contributed by atoms with Gasteiger partial charge in [-0.15, -0.1) is 0 Å². The number of rotatable bonds is 6. The van der Waals surface area contributed by atoms with Gasteiger partial charge in [0.05, 0.1) is 4.90 Å². The maximum Gasteiger partial charge on any atom is 0.287 e. The molecule has 176 valence electrons. The Bertz CT molecular complexity index is 1260. The first-order valence-electron chi connectivity index (χ1n) is 11.2. The Morgan fingerprint density at radius 2 is 1.79 bits per heavy atom. The van der Waals surface area contributed by atoms with Crippen LogP contribution < -0.4 is 5.32 Å². The number of sulfonamides is 1. The van der Waals surface area contributed by atoms with Crippen LogP contribution in [0.2, 0.25) is 5.02 Å². The lowest BCUT2D eigenvalue weighted by atomic mass is 9.94. The van der Waals surface area contributed by atoms with Gasteiger partial charge < -0.3 is 9.73 Å². The van der Waals surface area contributed by atoms with Crippen molar-refractivity contribution in [3.8, 4) is 0 Å². The summed E-state index contributed by atoms with van der Waals surface area (Å²) in [6.45, 7) is 7.44. The number of furan rings is 1. The first kappa shape index (κ1) is 23.8. The second kappa shape index (κ2) is 9.49. The van der Waals surface area contributed by atoms with Crippen molar-refractivity contribution in [2.75, 3.05) is 19.6 Å². The minimum Gasteiger partial charge on any atom is -0.451 e. The molecular weight excluding hydrogens is 460 g/mol. The maximum atomic E-state index is 13.3. The highest BCUT2D eigenvalue weighted by Crippen LogP contribution is 2.31. The number of benzene rings is 2. The average molecular weight is 489 g/mol. The Hall–Kier alpha value is -2.35. The zero-order valence-corrected chi connectivity index (χ0v) is 20.7. The van der Waals surface area contributed by atoms with Crippen molar-refractivity contribution in [1.29, 1.82) is 0 Å². The Balaban J connectivity index is 1.51. The molecule has 2 aromatic carbocycles. The van der Waals surface area contributed by atoms with Crippen molar-refractivity contribution >= 4 is 38.5 Å². The van der Waals surface area contributed by atoms with E-state index in [-0.39, 0.29) is 16.6 Å². The normalized spacial score (nSPS) is 19.6. The molecule has 2 atom stereocenters. The molecule has 0 saturated carbocycles. The Kier molecular flexibility index (Phi) is 6.84. The second-order valence-electron chi connectivity index (χ2n) is 9.11. The third-order valence-electron chi connectivity index (χ3n) is 6.20. The van der Waals surface area contributed by atoms with Gasteiger partial charge in [-0.2, -0.15) is 4.31 Å². The molecule has 1 fully saturated rings. The molecule has 2 heterocycles. The molecule has 4 rings (SSSR count). The van der Waals surface area contributed by atoms with Crippen molar-refractivity contribution in [3.05, 3.63) is 64.4 Å². The molecule has 0 spiro atoms. The lowest BCUT2D eigenvalue weighted by Gasteiger charge is -2.34. The van der Waals surface area contributed by atoms with Crippen LogP contribution in [0.4, 0.5) is 0 Å². The molecule has 33 heavy (non-hydrogen) atoms. The van der Waals surface area contributed by atoms with Gasteiger partial charge in [-0.1, -0.05) is 37.6 Å². The van der Waals surface area contributed by atoms with E-state index < -0.39 is 10.0 Å². The third-order valence-corrected chi connectivity index (χ3v) is 8.28. The summed E-state index contributed by atoms with van der Waals surface area (Å²) in [7, 11) is -3.61. The quantitative estimate of drug-likeness (QED) is 0.527. The summed E-state index contributed by atoms with van der Waals surface area (Å²) in [6, 6.07) is 12.3. The van der Waals surface area contributed by atoms with E-state index >= 15 is 0 Å². The summed E-state index contributed by atoms with van der Waals surface area (Å²) in [5.74, 6) is 0.536. The van der Waals surface area contributed by atoms with E-state index in [4.69, 9.17) is 16.0 Å². The number of piperidine rings is 1. The molecule has 1 aliphatic rings. The Morgan fingerprint density at radius 1 is 1.12 bits per heavy atom. The van der Waals surface area contributed by atoms with Crippen LogP contribution >= 0.6 is 11.6 Å². The van der Waals surface area contributed by atoms with E-state index in [9.17, 15) is 13.2 Å². The highest BCUT2D eigenvalue weighted by molar-refractivity contribution is 7.89. The van der Waals surface area contributed by atoms with Crippen LogP contribution in [0.5, 0.6) is 0 Å². The van der Waals surface area contributed by atoms with E-state index in [1.54, 1.807) is 29.4 Å². The predicted octanol–water partition coefficient (Wildman–Crippen LogP) is 5.03. The first-order chi connectivity index (χ1) is 15.6. The minimum atomic E-state index is -3.61. The van der Waals surface area contributed by atoms with Gasteiger partial charge >= 0.3 is 0 Å². The van der Waals surface area contributed by atoms with Gasteiger partial charge in [0, 0.05) is 35.6 Å². The van der Waals surface area contributed by atoms with E-state index in [1.165, 1.54) is 0 Å². The molecule has 0 aliphatic carbocycles. The van der Waals surface area contributed by atoms with E-state index in [1.807, 2.05) is 24.3 Å². The summed E-state index contributed by atoms with van der Waals surface area (Å²) >= 11 is 5.91. The van der Waals surface area contributed by atoms with E-state index in [0.29, 0.717) is 59.4 Å². The van der Waals surface area contributed by atoms with Crippen molar-refractivity contribution in [2.45, 2.75) is 38.5 Å². The van der Waals surface area contributed by atoms with Crippen LogP contribution in [0.1, 0.15) is 41.9 Å². The van der Waals surface area contributed by atoms with E-state index in [2.05, 4.69) is 19.2 Å². The number of hydrogen-bond donors (Lipinski definition) is 1. The van der Waals surface area contributed by atoms with Crippen LogP contribution in [-0.4, -0.2) is 38.3 Å². The van der Waals surface area contributed by atoms with Crippen molar-refractivity contribution in [1.82, 2.24) is 9.62 Å². The summed E-state index contributed by atoms with van der Waals surface area (Å²) in [4.78, 5) is 13.0. The average Bonchev–Trinajstić information content (AvgIpc) is 3.10. The Morgan fingerprint density at radius 3 is 2.45 bits per heavy atom. The molecule has 0 bridgehead atoms. The summed E-state index contributed by atoms with van der Waals surface area (Å²) in [5.41, 5.74) is 2.19. The maximum absolute atomic E-state index is 13.3. The Labute approximate surface area is 200 Å². The molecule has 1 N–H and O–H groups in total. The zero-order chi connectivity index (χ0) is 23.8. The van der Waals surface area contributed by atoms with Crippen LogP contribution in [0.15, 0.2) is 51.8 Å². The molecule has 2 unspecified atom stereocenters. The number of carbonyl (C=O) groups excluding carboxylic acids is 1. The first-order valence-corrected chi connectivity index (χ1v) is 13.0. The van der Waals surface area contributed by atoms with Crippen molar-refractivity contribution < 1.29 is 17.6 Å². The van der Waals surface area contributed by atoms with Gasteiger partial charge in [0.1, 0.15) is 5.58 Å². The molecule has 1 aliphatic heterocycles. The molecule has 6 nitrogen and oxygen atoms in total. The number of nitrogens with one attached hydrogen (secondary N) is 1. The number of aryl methyl sites for hydroxylation is 1. The van der Waals surface area contributed by atoms with Gasteiger partial charge in [-0.05, 0) is 67.5 Å². The highest BCUT2D eigenvalue weighted by Gasteiger charge is 2.32. The lowest BCUT2D eigenvalue weighted by molar-refractivity contribution is 0.0927. The zero-order valence-electron chi connectivity index (χ0n) is 19.1. The second-order valence-corrected chi connectivity index (χ2v) is 11.5. The number of halogens is 1. The van der Waals surface area contributed by atoms with Crippen LogP contribution in [0.3, 0.4) is 0 Å². The highest BCUT2D eigenvalue weighted by atomic mass is 35.5. The fourth-order valence-electron chi connectivity index (χ4n) is 4.58. The van der Waals surface area contributed by atoms with Crippen molar-refractivity contribution in [3.63, 3.8) is 0 Å². The van der Waals surface area contributed by atoms with Gasteiger partial charge in [-0.3, -0.25) is 4.79 Å². The van der Waals surface area contributed by atoms with E-state index in [0.717, 1.165) is 12.0 Å². The molecule has 1 amide bonds. The molecule has 3 aromatic rings. The number of carbonyl (C=O) groups is 1. The van der Waals surface area contributed by atoms with Gasteiger partial charge in [0.15, 0.2) is 5.76 Å². The smallest absolute Gasteiger partial charge is 0.287 e. The summed E-state index contributed by atoms with van der Waals surface area (Å²) in [5, 5.41) is 4.19. The molecular formula is C25H29ClN2O4S. The molecule has 0 radical (unpaired) electrons. The monoisotopic (exact) mass is 488 g/mol. The number of fused-ring (bicyclic) bond motifs is 1. The molecule has 1 aromatic heterocycles. The number of amides is 1. The standard InChI is InChI=1S/C25H29ClN2O4S/c1-16-12-17(2)15-28(14-16)33(30,31)21-8-9-23-22(13-21)18(3)24(32-23)25(29)27-11-10-19-4-6-20(26)7-5-19/h4-9,13,16-17H,10-12,14-15H2,1-3H3,(H,27,29). The SMILES string of the molecule is Cc1c(C(=O)NCCc2ccc(Cl)cc2)oc2ccc(S(=O)(=O)N3CC(C)CC(C)C3)cc12. The van der Waals surface area contributed by atoms with Crippen LogP contribution in [-0.2, 0) is 16.4 Å². The minimum absolute atomic E-state index is 0.205. The number of nitrogens with zero attached hydrogens (tertiary/aromatic N) is 1. The lowest BCUT2D eigenvalue weighted by Crippen LogP contribution is -2.42. The summed E-state index contributed by atoms with van der Waals surface area (Å²) in [6.07, 6.45) is 1.69. The van der Waals surface area contributed by atoms with Gasteiger partial charge in [-0.25, -0.2) is 8.42 Å². The third kappa shape index (κ3) is 5.10. The summed E-state index contributed by atoms with van der Waals surface area (Å²) < 4.78 is 33.9. The van der Waals surface area contributed by atoms with Crippen LogP contribution in [0.25, 0.3) is 11.0 Å². The topological polar surface area (TPSA) is 79.6 Å². The van der Waals surface area contributed by atoms with Crippen molar-refractivity contribution in [2.24, 2.45) is 11.8 Å². The predicted molar refractivity (Wildman–Crippen MR) is 130 cm³/mol.